The molecule has 1 amide bonds. The van der Waals surface area contributed by atoms with E-state index < -0.39 is 27.2 Å². The molecule has 0 bridgehead atoms. The highest BCUT2D eigenvalue weighted by atomic mass is 32.2. The van der Waals surface area contributed by atoms with E-state index in [0.717, 1.165) is 0 Å². The Morgan fingerprint density at radius 2 is 1.75 bits per heavy atom. The minimum atomic E-state index is -4.35. The summed E-state index contributed by atoms with van der Waals surface area (Å²) in [6.07, 6.45) is 0. The lowest BCUT2D eigenvalue weighted by molar-refractivity contribution is -0.121. The highest BCUT2D eigenvalue weighted by Gasteiger charge is 2.51. The zero-order chi connectivity index (χ0) is 17.7. The fourth-order valence-corrected chi connectivity index (χ4v) is 4.13. The Morgan fingerprint density at radius 1 is 1.17 bits per heavy atom. The summed E-state index contributed by atoms with van der Waals surface area (Å²) >= 11 is 0. The number of amides is 1. The van der Waals surface area contributed by atoms with Gasteiger partial charge in [-0.15, -0.1) is 0 Å². The Hall–Kier alpha value is -2.32. The van der Waals surface area contributed by atoms with Crippen molar-refractivity contribution in [3.63, 3.8) is 0 Å². The molecule has 8 heteroatoms. The summed E-state index contributed by atoms with van der Waals surface area (Å²) in [5.41, 5.74) is 1.05. The third kappa shape index (κ3) is 2.67. The zero-order valence-electron chi connectivity index (χ0n) is 13.5. The van der Waals surface area contributed by atoms with Gasteiger partial charge in [0, 0.05) is 11.4 Å². The number of carbonyl (C=O) groups excluding carboxylic acids is 1. The van der Waals surface area contributed by atoms with Crippen LogP contribution < -0.4 is 4.90 Å². The van der Waals surface area contributed by atoms with Crippen LogP contribution in [0.25, 0.3) is 0 Å². The molecule has 0 radical (unpaired) electrons. The first-order valence-electron chi connectivity index (χ1n) is 7.33. The number of rotatable bonds is 3. The molecule has 0 aliphatic carbocycles. The van der Waals surface area contributed by atoms with Crippen LogP contribution in [0.15, 0.2) is 30.3 Å². The number of anilines is 2. The van der Waals surface area contributed by atoms with Crippen LogP contribution in [-0.2, 0) is 20.3 Å². The molecule has 126 valence electrons. The third-order valence-electron chi connectivity index (χ3n) is 4.06. The van der Waals surface area contributed by atoms with Crippen molar-refractivity contribution in [2.24, 2.45) is 0 Å². The molecule has 1 aromatic heterocycles. The van der Waals surface area contributed by atoms with Gasteiger partial charge in [0.1, 0.15) is 0 Å². The highest BCUT2D eigenvalue weighted by Crippen LogP contribution is 2.45. The Labute approximate surface area is 140 Å². The molecule has 0 fully saturated rings. The second-order valence-corrected chi connectivity index (χ2v) is 7.62. The first kappa shape index (κ1) is 16.5. The maximum atomic E-state index is 13.1. The van der Waals surface area contributed by atoms with Gasteiger partial charge >= 0.3 is 0 Å². The molecule has 24 heavy (non-hydrogen) atoms. The van der Waals surface area contributed by atoms with E-state index in [1.165, 1.54) is 11.8 Å². The van der Waals surface area contributed by atoms with Crippen molar-refractivity contribution >= 4 is 27.7 Å². The van der Waals surface area contributed by atoms with Gasteiger partial charge in [0.25, 0.3) is 10.1 Å². The number of nitrogens with zero attached hydrogens (tertiary/aromatic N) is 3. The number of aryl methyl sites for hydroxylation is 2. The van der Waals surface area contributed by atoms with E-state index in [-0.39, 0.29) is 5.95 Å². The van der Waals surface area contributed by atoms with Gasteiger partial charge in [0.05, 0.1) is 16.9 Å². The number of hydrogen-bond acceptors (Lipinski definition) is 5. The lowest BCUT2D eigenvalue weighted by Gasteiger charge is -2.22. The van der Waals surface area contributed by atoms with E-state index in [1.54, 1.807) is 44.2 Å². The molecule has 1 unspecified atom stereocenters. The van der Waals surface area contributed by atoms with Crippen LogP contribution in [0, 0.1) is 13.8 Å². The van der Waals surface area contributed by atoms with Crippen LogP contribution in [0.3, 0.4) is 0 Å². The van der Waals surface area contributed by atoms with E-state index in [0.29, 0.717) is 22.6 Å². The van der Waals surface area contributed by atoms with Gasteiger partial charge in [-0.05, 0) is 38.5 Å². The molecular formula is C16H17N3O4S. The van der Waals surface area contributed by atoms with Gasteiger partial charge in [0.2, 0.25) is 11.9 Å². The molecule has 3 rings (SSSR count). The van der Waals surface area contributed by atoms with Crippen molar-refractivity contribution in [3.05, 3.63) is 47.3 Å². The third-order valence-corrected chi connectivity index (χ3v) is 5.00. The molecule has 7 nitrogen and oxygen atoms in total. The fraction of sp³-hybridized carbons (Fsp3) is 0.312. The second-order valence-electron chi connectivity index (χ2n) is 6.17. The van der Waals surface area contributed by atoms with Crippen molar-refractivity contribution in [1.29, 1.82) is 0 Å². The summed E-state index contributed by atoms with van der Waals surface area (Å²) in [6.45, 7) is 5.09. The molecule has 1 atom stereocenters. The topological polar surface area (TPSA) is 100 Å². The van der Waals surface area contributed by atoms with Crippen LogP contribution in [-0.4, -0.2) is 34.6 Å². The van der Waals surface area contributed by atoms with E-state index in [9.17, 15) is 17.8 Å². The lowest BCUT2D eigenvalue weighted by Crippen LogP contribution is -2.41. The standard InChI is InChI=1S/C16H17N3O4S/c1-10-8-11(2)18-15(17-10)19-13-7-5-4-6-12(13)16(3,14(19)20)9-24(21,22)23/h4-8H,9H2,1-3H3,(H,21,22,23). The quantitative estimate of drug-likeness (QED) is 0.851. The van der Waals surface area contributed by atoms with Gasteiger partial charge in [-0.1, -0.05) is 18.2 Å². The van der Waals surface area contributed by atoms with Crippen LogP contribution in [0.2, 0.25) is 0 Å². The van der Waals surface area contributed by atoms with Crippen LogP contribution in [0.4, 0.5) is 11.6 Å². The molecule has 0 spiro atoms. The first-order valence-corrected chi connectivity index (χ1v) is 8.94. The minimum absolute atomic E-state index is 0.198. The predicted molar refractivity (Wildman–Crippen MR) is 88.9 cm³/mol. The summed E-state index contributed by atoms with van der Waals surface area (Å²) < 4.78 is 32.2. The van der Waals surface area contributed by atoms with Gasteiger partial charge in [-0.2, -0.15) is 8.42 Å². The maximum absolute atomic E-state index is 13.1. The highest BCUT2D eigenvalue weighted by molar-refractivity contribution is 7.85. The largest absolute Gasteiger partial charge is 0.286 e. The number of para-hydroxylation sites is 1. The van der Waals surface area contributed by atoms with Crippen molar-refractivity contribution < 1.29 is 17.8 Å². The SMILES string of the molecule is Cc1cc(C)nc(N2C(=O)C(C)(CS(=O)(=O)O)c3ccccc32)n1. The zero-order valence-corrected chi connectivity index (χ0v) is 14.3. The van der Waals surface area contributed by atoms with E-state index in [1.807, 2.05) is 0 Å². The Kier molecular flexibility index (Phi) is 3.69. The van der Waals surface area contributed by atoms with E-state index in [4.69, 9.17) is 0 Å². The van der Waals surface area contributed by atoms with Gasteiger partial charge in [-0.25, -0.2) is 14.9 Å². The molecule has 1 aliphatic rings. The number of benzene rings is 1. The summed E-state index contributed by atoms with van der Waals surface area (Å²) in [6, 6.07) is 8.65. The molecule has 1 N–H and O–H groups in total. The van der Waals surface area contributed by atoms with Crippen LogP contribution >= 0.6 is 0 Å². The van der Waals surface area contributed by atoms with Crippen LogP contribution in [0.5, 0.6) is 0 Å². The molecule has 1 aliphatic heterocycles. The molecular weight excluding hydrogens is 330 g/mol. The van der Waals surface area contributed by atoms with E-state index in [2.05, 4.69) is 9.97 Å². The van der Waals surface area contributed by atoms with Crippen molar-refractivity contribution in [1.82, 2.24) is 9.97 Å². The number of hydrogen-bond donors (Lipinski definition) is 1. The summed E-state index contributed by atoms with van der Waals surface area (Å²) in [7, 11) is -4.35. The number of aromatic nitrogens is 2. The normalized spacial score (nSPS) is 20.3. The molecule has 2 heterocycles. The average molecular weight is 347 g/mol. The van der Waals surface area contributed by atoms with Crippen molar-refractivity contribution in [2.75, 3.05) is 10.7 Å². The molecule has 1 aromatic carbocycles. The van der Waals surface area contributed by atoms with E-state index >= 15 is 0 Å². The number of fused-ring (bicyclic) bond motifs is 1. The van der Waals surface area contributed by atoms with Gasteiger partial charge < -0.3 is 0 Å². The predicted octanol–water partition coefficient (Wildman–Crippen LogP) is 1.92. The Morgan fingerprint density at radius 3 is 2.33 bits per heavy atom. The maximum Gasteiger partial charge on any atom is 0.266 e. The van der Waals surface area contributed by atoms with Gasteiger partial charge in [-0.3, -0.25) is 9.35 Å². The fourth-order valence-electron chi connectivity index (χ4n) is 3.12. The average Bonchev–Trinajstić information content (AvgIpc) is 2.65. The minimum Gasteiger partial charge on any atom is -0.286 e. The monoisotopic (exact) mass is 347 g/mol. The summed E-state index contributed by atoms with van der Waals surface area (Å²) in [5.74, 6) is -0.979. The van der Waals surface area contributed by atoms with Crippen LogP contribution in [0.1, 0.15) is 23.9 Å². The van der Waals surface area contributed by atoms with Gasteiger partial charge in [0.15, 0.2) is 0 Å². The molecule has 2 aromatic rings. The second kappa shape index (κ2) is 5.35. The van der Waals surface area contributed by atoms with Crippen molar-refractivity contribution in [2.45, 2.75) is 26.2 Å². The molecule has 0 saturated carbocycles. The summed E-state index contributed by atoms with van der Waals surface area (Å²) in [4.78, 5) is 23.0. The first-order chi connectivity index (χ1) is 11.1. The Bertz CT molecular complexity index is 922. The molecule has 0 saturated heterocycles. The lowest BCUT2D eigenvalue weighted by atomic mass is 9.86. The van der Waals surface area contributed by atoms with Crippen molar-refractivity contribution in [3.8, 4) is 0 Å². The number of carbonyl (C=O) groups is 1. The Balaban J connectivity index is 2.21. The smallest absolute Gasteiger partial charge is 0.266 e. The summed E-state index contributed by atoms with van der Waals surface area (Å²) in [5, 5.41) is 0.